The zero-order valence-electron chi connectivity index (χ0n) is 26.9. The highest BCUT2D eigenvalue weighted by Crippen LogP contribution is 2.42. The van der Waals surface area contributed by atoms with E-state index in [2.05, 4.69) is 20.9 Å². The SMILES string of the molecule is COc1nc(-c2cccc(-c3cccc(-c4ccn5c(=O)c(CNCC6CCC(=O)N6)cnc5c4)c3Cl)c2Cl)ccc1CNC1CC(O)C1. The van der Waals surface area contributed by atoms with Crippen molar-refractivity contribution in [2.45, 2.75) is 57.0 Å². The summed E-state index contributed by atoms with van der Waals surface area (Å²) in [6.07, 6.45) is 5.92. The maximum atomic E-state index is 13.2. The molecule has 2 aromatic carbocycles. The fraction of sp³-hybridized carbons (Fsp3) is 0.297. The van der Waals surface area contributed by atoms with Crippen molar-refractivity contribution >= 4 is 34.8 Å². The number of nitrogens with one attached hydrogen (secondary N) is 3. The molecule has 1 saturated heterocycles. The van der Waals surface area contributed by atoms with Gasteiger partial charge in [-0.05, 0) is 43.0 Å². The monoisotopic (exact) mass is 698 g/mol. The van der Waals surface area contributed by atoms with Crippen LogP contribution in [0.2, 0.25) is 10.0 Å². The van der Waals surface area contributed by atoms with Crippen LogP contribution in [-0.2, 0) is 17.9 Å². The van der Waals surface area contributed by atoms with E-state index in [1.165, 1.54) is 4.40 Å². The van der Waals surface area contributed by atoms with Gasteiger partial charge >= 0.3 is 0 Å². The van der Waals surface area contributed by atoms with E-state index in [1.807, 2.05) is 60.7 Å². The number of hydrogen-bond acceptors (Lipinski definition) is 8. The van der Waals surface area contributed by atoms with Crippen molar-refractivity contribution in [2.75, 3.05) is 13.7 Å². The Kier molecular flexibility index (Phi) is 9.66. The molecule has 1 atom stereocenters. The highest BCUT2D eigenvalue weighted by atomic mass is 35.5. The van der Waals surface area contributed by atoms with Gasteiger partial charge in [0, 0.05) is 83.9 Å². The third-order valence-electron chi connectivity index (χ3n) is 9.27. The zero-order valence-corrected chi connectivity index (χ0v) is 28.4. The molecule has 2 aliphatic rings. The Morgan fingerprint density at radius 3 is 2.41 bits per heavy atom. The minimum absolute atomic E-state index is 0.0629. The maximum Gasteiger partial charge on any atom is 0.262 e. The van der Waals surface area contributed by atoms with Crippen molar-refractivity contribution in [1.29, 1.82) is 0 Å². The average molecular weight is 700 g/mol. The first-order valence-electron chi connectivity index (χ1n) is 16.3. The molecule has 10 nitrogen and oxygen atoms in total. The molecule has 1 unspecified atom stereocenters. The van der Waals surface area contributed by atoms with E-state index in [1.54, 1.807) is 19.5 Å². The van der Waals surface area contributed by atoms with E-state index in [4.69, 9.17) is 32.9 Å². The number of pyridine rings is 2. The number of hydrogen-bond donors (Lipinski definition) is 4. The lowest BCUT2D eigenvalue weighted by molar-refractivity contribution is -0.119. The van der Waals surface area contributed by atoms with Gasteiger partial charge in [-0.1, -0.05) is 65.7 Å². The van der Waals surface area contributed by atoms with Crippen LogP contribution in [0.5, 0.6) is 5.88 Å². The molecule has 7 rings (SSSR count). The summed E-state index contributed by atoms with van der Waals surface area (Å²) < 4.78 is 7.15. The topological polar surface area (TPSA) is 130 Å². The quantitative estimate of drug-likeness (QED) is 0.145. The summed E-state index contributed by atoms with van der Waals surface area (Å²) in [5.74, 6) is 0.575. The lowest BCUT2D eigenvalue weighted by Gasteiger charge is -2.32. The highest BCUT2D eigenvalue weighted by molar-refractivity contribution is 6.39. The number of amides is 1. The Hall–Kier alpha value is -4.32. The summed E-state index contributed by atoms with van der Waals surface area (Å²) in [4.78, 5) is 34.0. The molecule has 1 amide bonds. The Bertz CT molecular complexity index is 2100. The first-order chi connectivity index (χ1) is 23.8. The van der Waals surface area contributed by atoms with Gasteiger partial charge in [-0.2, -0.15) is 0 Å². The van der Waals surface area contributed by atoms with E-state index in [9.17, 15) is 14.7 Å². The number of methoxy groups -OCH3 is 1. The standard InChI is InChI=1S/C37H36Cl2N6O4/c1-49-36-22(18-41-25-15-26(46)16-25)8-10-31(44-36)30-7-3-6-29(35(30)39)28-5-2-4-27(34(28)38)21-12-13-45-32(14-21)42-19-23(37(45)48)17-40-20-24-9-11-33(47)43-24/h2-8,10,12-14,19,24-26,40-41,46H,9,11,15-18,20H2,1H3,(H,43,47). The number of aliphatic hydroxyl groups is 1. The van der Waals surface area contributed by atoms with Crippen molar-refractivity contribution in [3.8, 4) is 39.4 Å². The number of fused-ring (bicyclic) bond motifs is 1. The number of carbonyl (C=O) groups is 1. The molecule has 0 bridgehead atoms. The van der Waals surface area contributed by atoms with Crippen LogP contribution in [0.1, 0.15) is 36.8 Å². The minimum atomic E-state index is -0.221. The minimum Gasteiger partial charge on any atom is -0.481 e. The largest absolute Gasteiger partial charge is 0.481 e. The maximum absolute atomic E-state index is 13.2. The molecule has 5 aromatic rings. The molecule has 0 radical (unpaired) electrons. The van der Waals surface area contributed by atoms with Crippen LogP contribution in [0.15, 0.2) is 77.9 Å². The van der Waals surface area contributed by atoms with Crippen molar-refractivity contribution < 1.29 is 14.6 Å². The van der Waals surface area contributed by atoms with Crippen LogP contribution in [0, 0.1) is 0 Å². The average Bonchev–Trinajstić information content (AvgIpc) is 3.52. The molecule has 3 aromatic heterocycles. The normalized spacial score (nSPS) is 18.8. The van der Waals surface area contributed by atoms with Gasteiger partial charge in [-0.3, -0.25) is 14.0 Å². The first kappa shape index (κ1) is 33.2. The van der Waals surface area contributed by atoms with Crippen molar-refractivity contribution in [1.82, 2.24) is 30.3 Å². The third-order valence-corrected chi connectivity index (χ3v) is 10.1. The Morgan fingerprint density at radius 1 is 0.959 bits per heavy atom. The molecule has 0 spiro atoms. The number of ether oxygens (including phenoxy) is 1. The summed E-state index contributed by atoms with van der Waals surface area (Å²) in [6.45, 7) is 1.53. The molecule has 4 N–H and O–H groups in total. The van der Waals surface area contributed by atoms with Crippen LogP contribution >= 0.6 is 23.2 Å². The van der Waals surface area contributed by atoms with E-state index in [0.717, 1.165) is 52.6 Å². The lowest BCUT2D eigenvalue weighted by Crippen LogP contribution is -2.43. The predicted molar refractivity (Wildman–Crippen MR) is 191 cm³/mol. The smallest absolute Gasteiger partial charge is 0.262 e. The second-order valence-electron chi connectivity index (χ2n) is 12.6. The van der Waals surface area contributed by atoms with Crippen molar-refractivity contribution in [2.24, 2.45) is 0 Å². The number of aromatic nitrogens is 3. The number of carbonyl (C=O) groups excluding carboxylic acids is 1. The predicted octanol–water partition coefficient (Wildman–Crippen LogP) is 5.39. The summed E-state index contributed by atoms with van der Waals surface area (Å²) in [6, 6.07) is 19.5. The van der Waals surface area contributed by atoms with E-state index in [-0.39, 0.29) is 23.6 Å². The fourth-order valence-corrected chi connectivity index (χ4v) is 7.12. The summed E-state index contributed by atoms with van der Waals surface area (Å²) >= 11 is 14.2. The molecule has 1 saturated carbocycles. The molecule has 12 heteroatoms. The first-order valence-corrected chi connectivity index (χ1v) is 17.1. The van der Waals surface area contributed by atoms with Gasteiger partial charge in [0.1, 0.15) is 5.65 Å². The Labute approximate surface area is 293 Å². The van der Waals surface area contributed by atoms with Gasteiger partial charge in [-0.25, -0.2) is 9.97 Å². The molecular weight excluding hydrogens is 663 g/mol. The molecule has 2 fully saturated rings. The number of halogens is 2. The van der Waals surface area contributed by atoms with E-state index < -0.39 is 0 Å². The zero-order chi connectivity index (χ0) is 34.1. The fourth-order valence-electron chi connectivity index (χ4n) is 6.45. The lowest BCUT2D eigenvalue weighted by atomic mass is 9.89. The molecule has 1 aliphatic heterocycles. The van der Waals surface area contributed by atoms with Crippen LogP contribution in [0.25, 0.3) is 39.2 Å². The second kappa shape index (κ2) is 14.3. The van der Waals surface area contributed by atoms with E-state index in [0.29, 0.717) is 64.9 Å². The van der Waals surface area contributed by atoms with Gasteiger partial charge in [0.15, 0.2) is 0 Å². The molecule has 4 heterocycles. The Balaban J connectivity index is 1.12. The summed E-state index contributed by atoms with van der Waals surface area (Å²) in [5.41, 5.74) is 6.31. The van der Waals surface area contributed by atoms with Crippen LogP contribution in [0.4, 0.5) is 0 Å². The molecule has 1 aliphatic carbocycles. The number of rotatable bonds is 11. The summed E-state index contributed by atoms with van der Waals surface area (Å²) in [7, 11) is 1.60. The highest BCUT2D eigenvalue weighted by Gasteiger charge is 2.27. The summed E-state index contributed by atoms with van der Waals surface area (Å²) in [5, 5.41) is 20.2. The second-order valence-corrected chi connectivity index (χ2v) is 13.3. The van der Waals surface area contributed by atoms with Crippen molar-refractivity contribution in [3.05, 3.63) is 105 Å². The molecular formula is C37H36Cl2N6O4. The third kappa shape index (κ3) is 6.92. The van der Waals surface area contributed by atoms with Gasteiger partial charge in [-0.15, -0.1) is 0 Å². The van der Waals surface area contributed by atoms with Gasteiger partial charge in [0.2, 0.25) is 11.8 Å². The van der Waals surface area contributed by atoms with Gasteiger partial charge in [0.05, 0.1) is 29.0 Å². The number of benzene rings is 2. The van der Waals surface area contributed by atoms with Crippen LogP contribution in [-0.4, -0.2) is 57.2 Å². The number of nitrogens with zero attached hydrogens (tertiary/aromatic N) is 3. The Morgan fingerprint density at radius 2 is 1.69 bits per heavy atom. The number of aliphatic hydroxyl groups excluding tert-OH is 1. The van der Waals surface area contributed by atoms with Crippen molar-refractivity contribution in [3.63, 3.8) is 0 Å². The molecule has 49 heavy (non-hydrogen) atoms. The van der Waals surface area contributed by atoms with Gasteiger partial charge in [0.25, 0.3) is 5.56 Å². The van der Waals surface area contributed by atoms with Gasteiger partial charge < -0.3 is 25.8 Å². The van der Waals surface area contributed by atoms with Crippen LogP contribution in [0.3, 0.4) is 0 Å². The van der Waals surface area contributed by atoms with Crippen LogP contribution < -0.4 is 26.2 Å². The molecule has 252 valence electrons. The van der Waals surface area contributed by atoms with E-state index >= 15 is 0 Å².